The number of carbonyl (C=O) groups is 1. The Labute approximate surface area is 101 Å². The van der Waals surface area contributed by atoms with Gasteiger partial charge in [-0.25, -0.2) is 0 Å². The van der Waals surface area contributed by atoms with Crippen LogP contribution in [0.1, 0.15) is 31.9 Å². The fourth-order valence-corrected chi connectivity index (χ4v) is 2.03. The molecular formula is C12H19N3O2. The second-order valence-corrected chi connectivity index (χ2v) is 4.92. The van der Waals surface area contributed by atoms with E-state index in [2.05, 4.69) is 23.8 Å². The molecule has 1 saturated heterocycles. The molecule has 0 aliphatic carbocycles. The average molecular weight is 237 g/mol. The summed E-state index contributed by atoms with van der Waals surface area (Å²) < 4.78 is 1.97. The lowest BCUT2D eigenvalue weighted by Crippen LogP contribution is -2.50. The van der Waals surface area contributed by atoms with Gasteiger partial charge >= 0.3 is 5.97 Å². The maximum Gasteiger partial charge on any atom is 0.303 e. The topological polar surface area (TPSA) is 58.4 Å². The van der Waals surface area contributed by atoms with E-state index < -0.39 is 5.97 Å². The highest BCUT2D eigenvalue weighted by Crippen LogP contribution is 2.22. The standard InChI is InChI=1S/C12H19N3O2/c1-9(2)14-7-11(8-14)15-6-10(5-13-15)3-4-12(16)17/h5-6,9,11H,3-4,7-8H2,1-2H3,(H,16,17). The summed E-state index contributed by atoms with van der Waals surface area (Å²) in [6.07, 6.45) is 4.50. The summed E-state index contributed by atoms with van der Waals surface area (Å²) in [7, 11) is 0. The molecule has 1 aliphatic heterocycles. The molecule has 1 aromatic rings. The molecule has 94 valence electrons. The predicted octanol–water partition coefficient (Wildman–Crippen LogP) is 1.17. The minimum atomic E-state index is -0.757. The largest absolute Gasteiger partial charge is 0.481 e. The van der Waals surface area contributed by atoms with Gasteiger partial charge in [-0.05, 0) is 25.8 Å². The van der Waals surface area contributed by atoms with Crippen molar-refractivity contribution in [2.75, 3.05) is 13.1 Å². The van der Waals surface area contributed by atoms with Crippen molar-refractivity contribution in [2.45, 2.75) is 38.8 Å². The number of hydrogen-bond donors (Lipinski definition) is 1. The summed E-state index contributed by atoms with van der Waals surface area (Å²) in [5.41, 5.74) is 1.01. The fraction of sp³-hybridized carbons (Fsp3) is 0.667. The summed E-state index contributed by atoms with van der Waals surface area (Å²) in [5, 5.41) is 12.9. The van der Waals surface area contributed by atoms with E-state index in [1.165, 1.54) is 0 Å². The van der Waals surface area contributed by atoms with Crippen molar-refractivity contribution in [1.82, 2.24) is 14.7 Å². The van der Waals surface area contributed by atoms with Crippen molar-refractivity contribution in [3.05, 3.63) is 18.0 Å². The van der Waals surface area contributed by atoms with Crippen LogP contribution in [0, 0.1) is 0 Å². The number of carboxylic acid groups (broad SMARTS) is 1. The number of aryl methyl sites for hydroxylation is 1. The number of likely N-dealkylation sites (tertiary alicyclic amines) is 1. The lowest BCUT2D eigenvalue weighted by molar-refractivity contribution is -0.136. The van der Waals surface area contributed by atoms with Crippen LogP contribution in [-0.2, 0) is 11.2 Å². The Balaban J connectivity index is 1.85. The van der Waals surface area contributed by atoms with Crippen molar-refractivity contribution in [1.29, 1.82) is 0 Å². The van der Waals surface area contributed by atoms with Crippen LogP contribution in [0.2, 0.25) is 0 Å². The van der Waals surface area contributed by atoms with Crippen LogP contribution in [0.25, 0.3) is 0 Å². The molecule has 2 rings (SSSR count). The average Bonchev–Trinajstić information content (AvgIpc) is 2.60. The Hall–Kier alpha value is -1.36. The number of nitrogens with zero attached hydrogens (tertiary/aromatic N) is 3. The van der Waals surface area contributed by atoms with Gasteiger partial charge in [-0.15, -0.1) is 0 Å². The first-order chi connectivity index (χ1) is 8.06. The first kappa shape index (κ1) is 12.1. The molecular weight excluding hydrogens is 218 g/mol. The summed E-state index contributed by atoms with van der Waals surface area (Å²) in [5.74, 6) is -0.757. The van der Waals surface area contributed by atoms with Gasteiger partial charge in [0.05, 0.1) is 12.2 Å². The second-order valence-electron chi connectivity index (χ2n) is 4.92. The Morgan fingerprint density at radius 1 is 1.59 bits per heavy atom. The van der Waals surface area contributed by atoms with Gasteiger partial charge in [0.1, 0.15) is 0 Å². The molecule has 5 nitrogen and oxygen atoms in total. The van der Waals surface area contributed by atoms with E-state index in [4.69, 9.17) is 5.11 Å². The fourth-order valence-electron chi connectivity index (χ4n) is 2.03. The van der Waals surface area contributed by atoms with E-state index >= 15 is 0 Å². The van der Waals surface area contributed by atoms with Gasteiger partial charge in [0.15, 0.2) is 0 Å². The van der Waals surface area contributed by atoms with Crippen molar-refractivity contribution < 1.29 is 9.90 Å². The minimum Gasteiger partial charge on any atom is -0.481 e. The van der Waals surface area contributed by atoms with Gasteiger partial charge < -0.3 is 5.11 Å². The van der Waals surface area contributed by atoms with Crippen LogP contribution in [-0.4, -0.2) is 44.9 Å². The van der Waals surface area contributed by atoms with E-state index in [-0.39, 0.29) is 6.42 Å². The molecule has 5 heteroatoms. The molecule has 1 aliphatic rings. The van der Waals surface area contributed by atoms with Gasteiger partial charge in [-0.2, -0.15) is 5.10 Å². The highest BCUT2D eigenvalue weighted by Gasteiger charge is 2.30. The van der Waals surface area contributed by atoms with Crippen molar-refractivity contribution >= 4 is 5.97 Å². The number of hydrogen-bond acceptors (Lipinski definition) is 3. The summed E-state index contributed by atoms with van der Waals surface area (Å²) in [6, 6.07) is 1.05. The Morgan fingerprint density at radius 2 is 2.29 bits per heavy atom. The molecule has 17 heavy (non-hydrogen) atoms. The van der Waals surface area contributed by atoms with Crippen molar-refractivity contribution in [2.24, 2.45) is 0 Å². The third kappa shape index (κ3) is 2.85. The zero-order chi connectivity index (χ0) is 12.4. The summed E-state index contributed by atoms with van der Waals surface area (Å²) in [4.78, 5) is 12.9. The molecule has 1 N–H and O–H groups in total. The van der Waals surface area contributed by atoms with Crippen LogP contribution < -0.4 is 0 Å². The van der Waals surface area contributed by atoms with Crippen LogP contribution >= 0.6 is 0 Å². The molecule has 0 aromatic carbocycles. The molecule has 0 saturated carbocycles. The molecule has 0 amide bonds. The maximum absolute atomic E-state index is 10.5. The van der Waals surface area contributed by atoms with Gasteiger partial charge in [0, 0.05) is 31.7 Å². The molecule has 2 heterocycles. The molecule has 0 spiro atoms. The molecule has 0 bridgehead atoms. The molecule has 0 unspecified atom stereocenters. The van der Waals surface area contributed by atoms with Crippen LogP contribution in [0.4, 0.5) is 0 Å². The van der Waals surface area contributed by atoms with Gasteiger partial charge in [0.2, 0.25) is 0 Å². The number of aliphatic carboxylic acids is 1. The first-order valence-electron chi connectivity index (χ1n) is 6.05. The summed E-state index contributed by atoms with van der Waals surface area (Å²) in [6.45, 7) is 6.46. The Kier molecular flexibility index (Phi) is 3.47. The second kappa shape index (κ2) is 4.87. The lowest BCUT2D eigenvalue weighted by Gasteiger charge is -2.41. The number of rotatable bonds is 5. The van der Waals surface area contributed by atoms with Gasteiger partial charge in [-0.3, -0.25) is 14.4 Å². The van der Waals surface area contributed by atoms with E-state index in [1.54, 1.807) is 6.20 Å². The first-order valence-corrected chi connectivity index (χ1v) is 6.05. The lowest BCUT2D eigenvalue weighted by atomic mass is 10.1. The third-order valence-electron chi connectivity index (χ3n) is 3.28. The van der Waals surface area contributed by atoms with E-state index in [0.717, 1.165) is 18.7 Å². The van der Waals surface area contributed by atoms with E-state index in [9.17, 15) is 4.79 Å². The normalized spacial score (nSPS) is 17.4. The molecule has 1 aromatic heterocycles. The highest BCUT2D eigenvalue weighted by molar-refractivity contribution is 5.67. The SMILES string of the molecule is CC(C)N1CC(n2cc(CCC(=O)O)cn2)C1. The summed E-state index contributed by atoms with van der Waals surface area (Å²) >= 11 is 0. The van der Waals surface area contributed by atoms with Crippen LogP contribution in [0.15, 0.2) is 12.4 Å². The molecule has 0 radical (unpaired) electrons. The monoisotopic (exact) mass is 237 g/mol. The Morgan fingerprint density at radius 3 is 2.88 bits per heavy atom. The number of carboxylic acids is 1. The molecule has 1 fully saturated rings. The number of aromatic nitrogens is 2. The van der Waals surface area contributed by atoms with Crippen molar-refractivity contribution in [3.63, 3.8) is 0 Å². The predicted molar refractivity (Wildman–Crippen MR) is 63.9 cm³/mol. The maximum atomic E-state index is 10.5. The smallest absolute Gasteiger partial charge is 0.303 e. The van der Waals surface area contributed by atoms with Crippen LogP contribution in [0.5, 0.6) is 0 Å². The van der Waals surface area contributed by atoms with Crippen molar-refractivity contribution in [3.8, 4) is 0 Å². The highest BCUT2D eigenvalue weighted by atomic mass is 16.4. The third-order valence-corrected chi connectivity index (χ3v) is 3.28. The zero-order valence-corrected chi connectivity index (χ0v) is 10.3. The van der Waals surface area contributed by atoms with E-state index in [0.29, 0.717) is 18.5 Å². The minimum absolute atomic E-state index is 0.175. The van der Waals surface area contributed by atoms with Crippen LogP contribution in [0.3, 0.4) is 0 Å². The zero-order valence-electron chi connectivity index (χ0n) is 10.3. The quantitative estimate of drug-likeness (QED) is 0.835. The van der Waals surface area contributed by atoms with Gasteiger partial charge in [0.25, 0.3) is 0 Å². The van der Waals surface area contributed by atoms with Gasteiger partial charge in [-0.1, -0.05) is 0 Å². The Bertz CT molecular complexity index is 394. The van der Waals surface area contributed by atoms with E-state index in [1.807, 2.05) is 10.9 Å². The molecule has 0 atom stereocenters.